The Labute approximate surface area is 86.1 Å². The quantitative estimate of drug-likeness (QED) is 0.757. The van der Waals surface area contributed by atoms with E-state index in [-0.39, 0.29) is 22.5 Å². The Hall–Kier alpha value is -0.920. The third-order valence-corrected chi connectivity index (χ3v) is 2.63. The Morgan fingerprint density at radius 2 is 2.21 bits per heavy atom. The lowest BCUT2D eigenvalue weighted by atomic mass is 10.6. The molecule has 0 aliphatic heterocycles. The molecule has 8 heteroatoms. The molecular weight excluding hydrogens is 230 g/mol. The average Bonchev–Trinajstić information content (AvgIpc) is 2.02. The number of halogens is 1. The van der Waals surface area contributed by atoms with Crippen LogP contribution in [0.1, 0.15) is 6.92 Å². The molecule has 1 rings (SSSR count). The van der Waals surface area contributed by atoms with Crippen LogP contribution in [0.4, 0.5) is 0 Å². The predicted molar refractivity (Wildman–Crippen MR) is 49.6 cm³/mol. The van der Waals surface area contributed by atoms with Crippen LogP contribution in [0.3, 0.4) is 0 Å². The van der Waals surface area contributed by atoms with Gasteiger partial charge in [0.1, 0.15) is 6.33 Å². The number of primary sulfonamides is 1. The Bertz CT molecular complexity index is 434. The van der Waals surface area contributed by atoms with Crippen LogP contribution in [-0.4, -0.2) is 25.0 Å². The molecule has 2 N–H and O–H groups in total. The molecule has 0 saturated heterocycles. The number of hydrogen-bond acceptors (Lipinski definition) is 5. The Morgan fingerprint density at radius 3 is 2.71 bits per heavy atom. The van der Waals surface area contributed by atoms with Gasteiger partial charge < -0.3 is 4.74 Å². The number of sulfonamides is 1. The van der Waals surface area contributed by atoms with Gasteiger partial charge >= 0.3 is 0 Å². The second kappa shape index (κ2) is 4.07. The van der Waals surface area contributed by atoms with Crippen LogP contribution >= 0.6 is 11.6 Å². The van der Waals surface area contributed by atoms with E-state index in [2.05, 4.69) is 9.97 Å². The summed E-state index contributed by atoms with van der Waals surface area (Å²) in [5.74, 6) is -0.130. The Morgan fingerprint density at radius 1 is 1.57 bits per heavy atom. The highest BCUT2D eigenvalue weighted by molar-refractivity contribution is 7.89. The minimum Gasteiger partial charge on any atom is -0.477 e. The first-order valence-electron chi connectivity index (χ1n) is 3.63. The molecule has 0 atom stereocenters. The van der Waals surface area contributed by atoms with Crippen molar-refractivity contribution in [3.63, 3.8) is 0 Å². The van der Waals surface area contributed by atoms with Crippen LogP contribution in [0.5, 0.6) is 5.88 Å². The number of nitrogens with two attached hydrogens (primary N) is 1. The van der Waals surface area contributed by atoms with Crippen LogP contribution in [0.15, 0.2) is 11.2 Å². The summed E-state index contributed by atoms with van der Waals surface area (Å²) in [4.78, 5) is 6.74. The molecule has 0 aliphatic carbocycles. The lowest BCUT2D eigenvalue weighted by Crippen LogP contribution is -2.16. The van der Waals surface area contributed by atoms with E-state index < -0.39 is 10.0 Å². The smallest absolute Gasteiger partial charge is 0.246 e. The molecule has 1 aromatic heterocycles. The monoisotopic (exact) mass is 237 g/mol. The molecule has 1 heterocycles. The SMILES string of the molecule is CCOc1ncnc(Cl)c1S(N)(=O)=O. The van der Waals surface area contributed by atoms with Crippen LogP contribution in [-0.2, 0) is 10.0 Å². The van der Waals surface area contributed by atoms with E-state index in [0.717, 1.165) is 6.33 Å². The van der Waals surface area contributed by atoms with Crippen molar-refractivity contribution >= 4 is 21.6 Å². The molecule has 14 heavy (non-hydrogen) atoms. The molecule has 0 unspecified atom stereocenters. The Balaban J connectivity index is 3.37. The van der Waals surface area contributed by atoms with Gasteiger partial charge in [0.05, 0.1) is 6.61 Å². The van der Waals surface area contributed by atoms with Crippen molar-refractivity contribution < 1.29 is 13.2 Å². The van der Waals surface area contributed by atoms with Crippen LogP contribution in [0.25, 0.3) is 0 Å². The molecule has 0 amide bonds. The summed E-state index contributed by atoms with van der Waals surface area (Å²) < 4.78 is 27.1. The summed E-state index contributed by atoms with van der Waals surface area (Å²) in [5.41, 5.74) is 0. The van der Waals surface area contributed by atoms with E-state index in [1.165, 1.54) is 0 Å². The van der Waals surface area contributed by atoms with Crippen molar-refractivity contribution in [1.82, 2.24) is 9.97 Å². The number of aromatic nitrogens is 2. The largest absolute Gasteiger partial charge is 0.477 e. The van der Waals surface area contributed by atoms with Gasteiger partial charge in [-0.1, -0.05) is 11.6 Å². The molecule has 0 bridgehead atoms. The zero-order valence-corrected chi connectivity index (χ0v) is 8.84. The first-order chi connectivity index (χ1) is 6.46. The predicted octanol–water partition coefficient (Wildman–Crippen LogP) is 0.176. The fraction of sp³-hybridized carbons (Fsp3) is 0.333. The highest BCUT2D eigenvalue weighted by Gasteiger charge is 2.21. The van der Waals surface area contributed by atoms with Crippen molar-refractivity contribution in [1.29, 1.82) is 0 Å². The van der Waals surface area contributed by atoms with E-state index in [9.17, 15) is 8.42 Å². The number of hydrogen-bond donors (Lipinski definition) is 1. The second-order valence-electron chi connectivity index (χ2n) is 2.28. The van der Waals surface area contributed by atoms with Crippen LogP contribution in [0.2, 0.25) is 5.15 Å². The zero-order valence-electron chi connectivity index (χ0n) is 7.27. The lowest BCUT2D eigenvalue weighted by molar-refractivity contribution is 0.316. The first kappa shape index (κ1) is 11.2. The lowest BCUT2D eigenvalue weighted by Gasteiger charge is -2.06. The summed E-state index contributed by atoms with van der Waals surface area (Å²) >= 11 is 5.56. The highest BCUT2D eigenvalue weighted by atomic mass is 35.5. The summed E-state index contributed by atoms with van der Waals surface area (Å²) in [7, 11) is -3.97. The topological polar surface area (TPSA) is 95.2 Å². The maximum absolute atomic E-state index is 11.1. The fourth-order valence-corrected chi connectivity index (χ4v) is 1.91. The van der Waals surface area contributed by atoms with Gasteiger partial charge in [0, 0.05) is 0 Å². The minimum atomic E-state index is -3.97. The van der Waals surface area contributed by atoms with Crippen LogP contribution in [0, 0.1) is 0 Å². The minimum absolute atomic E-state index is 0.130. The number of ether oxygens (including phenoxy) is 1. The number of rotatable bonds is 3. The molecule has 0 aliphatic rings. The van der Waals surface area contributed by atoms with E-state index in [4.69, 9.17) is 21.5 Å². The van der Waals surface area contributed by atoms with Gasteiger partial charge in [-0.2, -0.15) is 0 Å². The maximum atomic E-state index is 11.1. The van der Waals surface area contributed by atoms with Gasteiger partial charge in [0.25, 0.3) is 0 Å². The van der Waals surface area contributed by atoms with Crippen LogP contribution < -0.4 is 9.88 Å². The van der Waals surface area contributed by atoms with Crippen molar-refractivity contribution in [3.05, 3.63) is 11.5 Å². The Kier molecular flexibility index (Phi) is 3.25. The van der Waals surface area contributed by atoms with E-state index in [0.29, 0.717) is 0 Å². The molecule has 0 radical (unpaired) electrons. The van der Waals surface area contributed by atoms with Gasteiger partial charge in [-0.3, -0.25) is 0 Å². The van der Waals surface area contributed by atoms with Gasteiger partial charge in [0.2, 0.25) is 15.9 Å². The molecule has 0 spiro atoms. The third kappa shape index (κ3) is 2.31. The van der Waals surface area contributed by atoms with Crippen molar-refractivity contribution in [2.24, 2.45) is 5.14 Å². The fourth-order valence-electron chi connectivity index (χ4n) is 0.816. The summed E-state index contributed by atoms with van der Waals surface area (Å²) in [6.07, 6.45) is 1.10. The summed E-state index contributed by atoms with van der Waals surface area (Å²) in [5, 5.41) is 4.67. The molecule has 78 valence electrons. The third-order valence-electron chi connectivity index (χ3n) is 1.29. The molecule has 0 saturated carbocycles. The molecule has 6 nitrogen and oxygen atoms in total. The van der Waals surface area contributed by atoms with Gasteiger partial charge in [-0.15, -0.1) is 0 Å². The van der Waals surface area contributed by atoms with Crippen molar-refractivity contribution in [3.8, 4) is 5.88 Å². The van der Waals surface area contributed by atoms with E-state index in [1.54, 1.807) is 6.92 Å². The van der Waals surface area contributed by atoms with Gasteiger partial charge in [0.15, 0.2) is 10.0 Å². The van der Waals surface area contributed by atoms with E-state index in [1.807, 2.05) is 0 Å². The molecule has 1 aromatic rings. The molecule has 0 fully saturated rings. The highest BCUT2D eigenvalue weighted by Crippen LogP contribution is 2.25. The van der Waals surface area contributed by atoms with Gasteiger partial charge in [-0.25, -0.2) is 23.5 Å². The maximum Gasteiger partial charge on any atom is 0.246 e. The average molecular weight is 238 g/mol. The van der Waals surface area contributed by atoms with Gasteiger partial charge in [-0.05, 0) is 6.92 Å². The normalized spacial score (nSPS) is 11.4. The first-order valence-corrected chi connectivity index (χ1v) is 5.55. The zero-order chi connectivity index (χ0) is 10.8. The summed E-state index contributed by atoms with van der Waals surface area (Å²) in [6, 6.07) is 0. The molecule has 0 aromatic carbocycles. The summed E-state index contributed by atoms with van der Waals surface area (Å²) in [6.45, 7) is 1.94. The van der Waals surface area contributed by atoms with E-state index >= 15 is 0 Å². The number of nitrogens with zero attached hydrogens (tertiary/aromatic N) is 2. The second-order valence-corrected chi connectivity index (χ2v) is 4.13. The van der Waals surface area contributed by atoms with Crippen molar-refractivity contribution in [2.75, 3.05) is 6.61 Å². The molecular formula is C6H8ClN3O3S. The van der Waals surface area contributed by atoms with Crippen molar-refractivity contribution in [2.45, 2.75) is 11.8 Å². The standard InChI is InChI=1S/C6H8ClN3O3S/c1-2-13-6-4(14(8,11)12)5(7)9-3-10-6/h3H,2H2,1H3,(H2,8,11,12).